The minimum Gasteiger partial charge on any atom is -0.0848 e. The van der Waals surface area contributed by atoms with Crippen LogP contribution in [0.4, 0.5) is 0 Å². The second-order valence-electron chi connectivity index (χ2n) is 4.21. The smallest absolute Gasteiger partial charge is 0.0196 e. The normalized spacial score (nSPS) is 56.0. The Morgan fingerprint density at radius 1 is 0.900 bits per heavy atom. The first kappa shape index (κ1) is 5.40. The molecule has 2 bridgehead atoms. The highest BCUT2D eigenvalue weighted by atomic mass is 14.5. The van der Waals surface area contributed by atoms with Crippen LogP contribution in [0.3, 0.4) is 0 Å². The molecular formula is C10H14. The Hall–Kier alpha value is -0.260. The average molecular weight is 134 g/mol. The maximum atomic E-state index is 2.48. The van der Waals surface area contributed by atoms with E-state index in [1.807, 2.05) is 0 Å². The fourth-order valence-electron chi connectivity index (χ4n) is 3.47. The van der Waals surface area contributed by atoms with E-state index in [-0.39, 0.29) is 0 Å². The molecule has 2 fully saturated rings. The van der Waals surface area contributed by atoms with Gasteiger partial charge in [0.2, 0.25) is 0 Å². The highest BCUT2D eigenvalue weighted by molar-refractivity contribution is 5.14. The van der Waals surface area contributed by atoms with Gasteiger partial charge in [0.05, 0.1) is 0 Å². The highest BCUT2D eigenvalue weighted by Gasteiger charge is 2.46. The second kappa shape index (κ2) is 1.66. The van der Waals surface area contributed by atoms with Crippen LogP contribution in [0, 0.1) is 23.7 Å². The fourth-order valence-corrected chi connectivity index (χ4v) is 3.47. The van der Waals surface area contributed by atoms with E-state index in [0.717, 1.165) is 23.7 Å². The zero-order valence-corrected chi connectivity index (χ0v) is 6.29. The summed E-state index contributed by atoms with van der Waals surface area (Å²) < 4.78 is 0. The molecular weight excluding hydrogens is 120 g/mol. The molecule has 0 aliphatic heterocycles. The summed E-state index contributed by atoms with van der Waals surface area (Å²) in [6, 6.07) is 0. The first-order valence-electron chi connectivity index (χ1n) is 4.63. The Labute approximate surface area is 62.3 Å². The Morgan fingerprint density at radius 2 is 1.50 bits per heavy atom. The van der Waals surface area contributed by atoms with Crippen molar-refractivity contribution < 1.29 is 0 Å². The van der Waals surface area contributed by atoms with E-state index in [0.29, 0.717) is 0 Å². The van der Waals surface area contributed by atoms with Gasteiger partial charge in [-0.1, -0.05) is 18.6 Å². The van der Waals surface area contributed by atoms with Crippen LogP contribution in [0.2, 0.25) is 0 Å². The lowest BCUT2D eigenvalue weighted by Gasteiger charge is -2.19. The molecule has 0 saturated heterocycles. The number of fused-ring (bicyclic) bond motifs is 5. The van der Waals surface area contributed by atoms with Crippen molar-refractivity contribution in [3.63, 3.8) is 0 Å². The summed E-state index contributed by atoms with van der Waals surface area (Å²) in [6.07, 6.45) is 11.1. The molecule has 0 heterocycles. The van der Waals surface area contributed by atoms with Gasteiger partial charge in [-0.25, -0.2) is 0 Å². The second-order valence-corrected chi connectivity index (χ2v) is 4.21. The monoisotopic (exact) mass is 134 g/mol. The van der Waals surface area contributed by atoms with Crippen LogP contribution in [-0.4, -0.2) is 0 Å². The fraction of sp³-hybridized carbons (Fsp3) is 0.800. The summed E-state index contributed by atoms with van der Waals surface area (Å²) in [7, 11) is 0. The van der Waals surface area contributed by atoms with E-state index in [1.165, 1.54) is 25.7 Å². The first-order valence-corrected chi connectivity index (χ1v) is 4.63. The average Bonchev–Trinajstić information content (AvgIpc) is 2.60. The van der Waals surface area contributed by atoms with Crippen molar-refractivity contribution in [3.05, 3.63) is 12.2 Å². The maximum absolute atomic E-state index is 2.48. The van der Waals surface area contributed by atoms with E-state index in [4.69, 9.17) is 0 Å². The standard InChI is InChI=1S/C10H14/c1-2-9-7-4-5-8(6-7)10(9)3-1/h4-5,7-10H,1-3,6H2/t7-,8+,9-,10+. The topological polar surface area (TPSA) is 0 Å². The molecule has 0 aromatic carbocycles. The van der Waals surface area contributed by atoms with Crippen molar-refractivity contribution in [1.82, 2.24) is 0 Å². The molecule has 0 amide bonds. The number of rotatable bonds is 0. The number of allylic oxidation sites excluding steroid dienone is 2. The number of hydrogen-bond acceptors (Lipinski definition) is 0. The summed E-state index contributed by atoms with van der Waals surface area (Å²) in [5.74, 6) is 4.26. The molecule has 10 heavy (non-hydrogen) atoms. The minimum absolute atomic E-state index is 1.01. The third kappa shape index (κ3) is 0.492. The van der Waals surface area contributed by atoms with Gasteiger partial charge in [-0.3, -0.25) is 0 Å². The molecule has 2 saturated carbocycles. The maximum Gasteiger partial charge on any atom is -0.0196 e. The molecule has 3 rings (SSSR count). The van der Waals surface area contributed by atoms with Crippen LogP contribution in [0.1, 0.15) is 25.7 Å². The van der Waals surface area contributed by atoms with Crippen LogP contribution < -0.4 is 0 Å². The molecule has 0 heteroatoms. The van der Waals surface area contributed by atoms with Crippen LogP contribution in [-0.2, 0) is 0 Å². The van der Waals surface area contributed by atoms with Gasteiger partial charge in [-0.2, -0.15) is 0 Å². The van der Waals surface area contributed by atoms with Gasteiger partial charge in [0.15, 0.2) is 0 Å². The van der Waals surface area contributed by atoms with Crippen molar-refractivity contribution in [2.24, 2.45) is 23.7 Å². The van der Waals surface area contributed by atoms with Gasteiger partial charge in [-0.05, 0) is 42.9 Å². The van der Waals surface area contributed by atoms with Crippen molar-refractivity contribution in [2.45, 2.75) is 25.7 Å². The summed E-state index contributed by atoms with van der Waals surface area (Å²) >= 11 is 0. The largest absolute Gasteiger partial charge is 0.0848 e. The Bertz CT molecular complexity index is 162. The van der Waals surface area contributed by atoms with E-state index in [1.54, 1.807) is 0 Å². The third-order valence-electron chi connectivity index (χ3n) is 3.87. The predicted molar refractivity (Wildman–Crippen MR) is 41.6 cm³/mol. The summed E-state index contributed by atoms with van der Waals surface area (Å²) in [4.78, 5) is 0. The van der Waals surface area contributed by atoms with Crippen LogP contribution in [0.25, 0.3) is 0 Å². The van der Waals surface area contributed by atoms with Gasteiger partial charge < -0.3 is 0 Å². The Morgan fingerprint density at radius 3 is 2.10 bits per heavy atom. The molecule has 0 radical (unpaired) electrons. The molecule has 0 spiro atoms. The molecule has 3 aliphatic carbocycles. The van der Waals surface area contributed by atoms with Crippen molar-refractivity contribution in [2.75, 3.05) is 0 Å². The van der Waals surface area contributed by atoms with E-state index >= 15 is 0 Å². The van der Waals surface area contributed by atoms with E-state index < -0.39 is 0 Å². The van der Waals surface area contributed by atoms with Crippen LogP contribution >= 0.6 is 0 Å². The van der Waals surface area contributed by atoms with Crippen LogP contribution in [0.5, 0.6) is 0 Å². The van der Waals surface area contributed by atoms with Crippen molar-refractivity contribution in [1.29, 1.82) is 0 Å². The van der Waals surface area contributed by atoms with E-state index in [2.05, 4.69) is 12.2 Å². The molecule has 0 unspecified atom stereocenters. The van der Waals surface area contributed by atoms with Crippen molar-refractivity contribution in [3.8, 4) is 0 Å². The molecule has 3 aliphatic rings. The highest BCUT2D eigenvalue weighted by Crippen LogP contribution is 2.55. The molecule has 54 valence electrons. The lowest BCUT2D eigenvalue weighted by molar-refractivity contribution is 0.364. The Balaban J connectivity index is 1.99. The predicted octanol–water partition coefficient (Wildman–Crippen LogP) is 2.61. The minimum atomic E-state index is 1.01. The lowest BCUT2D eigenvalue weighted by Crippen LogP contribution is -2.12. The first-order chi connectivity index (χ1) is 4.95. The molecule has 0 aromatic rings. The lowest BCUT2D eigenvalue weighted by atomic mass is 9.86. The Kier molecular flexibility index (Phi) is 0.898. The van der Waals surface area contributed by atoms with Gasteiger partial charge >= 0.3 is 0 Å². The quantitative estimate of drug-likeness (QED) is 0.447. The SMILES string of the molecule is C1=C[C@H]2C[C@@H]1[C@H]1CCC[C@H]12. The molecule has 0 aromatic heterocycles. The van der Waals surface area contributed by atoms with Crippen molar-refractivity contribution >= 4 is 0 Å². The van der Waals surface area contributed by atoms with Gasteiger partial charge in [0.25, 0.3) is 0 Å². The summed E-state index contributed by atoms with van der Waals surface area (Å²) in [5, 5.41) is 0. The zero-order valence-electron chi connectivity index (χ0n) is 6.29. The van der Waals surface area contributed by atoms with Gasteiger partial charge in [0, 0.05) is 0 Å². The van der Waals surface area contributed by atoms with E-state index in [9.17, 15) is 0 Å². The number of hydrogen-bond donors (Lipinski definition) is 0. The summed E-state index contributed by atoms with van der Waals surface area (Å²) in [6.45, 7) is 0. The summed E-state index contributed by atoms with van der Waals surface area (Å²) in [5.41, 5.74) is 0. The third-order valence-corrected chi connectivity index (χ3v) is 3.87. The molecule has 0 N–H and O–H groups in total. The van der Waals surface area contributed by atoms with Gasteiger partial charge in [0.1, 0.15) is 0 Å². The molecule has 0 nitrogen and oxygen atoms in total. The van der Waals surface area contributed by atoms with Gasteiger partial charge in [-0.15, -0.1) is 0 Å². The molecule has 4 atom stereocenters. The van der Waals surface area contributed by atoms with Crippen LogP contribution in [0.15, 0.2) is 12.2 Å². The zero-order chi connectivity index (χ0) is 6.55.